The van der Waals surface area contributed by atoms with Crippen molar-refractivity contribution in [2.45, 2.75) is 37.4 Å². The van der Waals surface area contributed by atoms with Gasteiger partial charge in [0, 0.05) is 19.1 Å². The summed E-state index contributed by atoms with van der Waals surface area (Å²) < 4.78 is 70.8. The predicted molar refractivity (Wildman–Crippen MR) is 95.2 cm³/mol. The van der Waals surface area contributed by atoms with Crippen molar-refractivity contribution in [3.8, 4) is 0 Å². The van der Waals surface area contributed by atoms with Gasteiger partial charge in [0.15, 0.2) is 0 Å². The molecule has 1 saturated heterocycles. The van der Waals surface area contributed by atoms with E-state index in [0.29, 0.717) is 18.6 Å². The molecule has 0 spiro atoms. The number of esters is 1. The molecular formula is C16H22ClF3N2O4S. The summed E-state index contributed by atoms with van der Waals surface area (Å²) in [5, 5.41) is 0. The topological polar surface area (TPSA) is 89.7 Å². The lowest BCUT2D eigenvalue weighted by molar-refractivity contribution is -0.137. The van der Waals surface area contributed by atoms with Crippen molar-refractivity contribution >= 4 is 28.4 Å². The SMILES string of the molecule is COC(=O)c1ccc(C(F)(F)F)cc1S(=O)(=O)N1CCC(N)C(C)(C)C1.Cl. The first-order valence-corrected chi connectivity index (χ1v) is 9.30. The Labute approximate surface area is 162 Å². The second-order valence-corrected chi connectivity index (χ2v) is 8.83. The molecule has 0 aliphatic carbocycles. The normalized spacial score (nSPS) is 20.6. The summed E-state index contributed by atoms with van der Waals surface area (Å²) in [5.41, 5.74) is 3.84. The van der Waals surface area contributed by atoms with Gasteiger partial charge in [-0.3, -0.25) is 0 Å². The van der Waals surface area contributed by atoms with Gasteiger partial charge in [0.1, 0.15) is 0 Å². The van der Waals surface area contributed by atoms with Gasteiger partial charge in [0.05, 0.1) is 23.1 Å². The molecule has 11 heteroatoms. The Morgan fingerprint density at radius 1 is 1.33 bits per heavy atom. The van der Waals surface area contributed by atoms with Crippen molar-refractivity contribution in [2.24, 2.45) is 11.1 Å². The van der Waals surface area contributed by atoms with Crippen molar-refractivity contribution in [2.75, 3.05) is 20.2 Å². The van der Waals surface area contributed by atoms with Gasteiger partial charge in [-0.2, -0.15) is 17.5 Å². The van der Waals surface area contributed by atoms with E-state index in [-0.39, 0.29) is 31.5 Å². The number of carbonyl (C=O) groups excluding carboxylic acids is 1. The lowest BCUT2D eigenvalue weighted by Gasteiger charge is -2.41. The number of piperidine rings is 1. The molecule has 0 bridgehead atoms. The Morgan fingerprint density at radius 2 is 1.93 bits per heavy atom. The molecule has 1 aliphatic rings. The van der Waals surface area contributed by atoms with Crippen molar-refractivity contribution < 1.29 is 31.1 Å². The van der Waals surface area contributed by atoms with Crippen LogP contribution in [-0.2, 0) is 20.9 Å². The minimum Gasteiger partial charge on any atom is -0.465 e. The zero-order chi connectivity index (χ0) is 19.9. The van der Waals surface area contributed by atoms with Crippen LogP contribution < -0.4 is 5.73 Å². The van der Waals surface area contributed by atoms with E-state index in [1.807, 2.05) is 0 Å². The van der Waals surface area contributed by atoms with Crippen LogP contribution in [0.25, 0.3) is 0 Å². The predicted octanol–water partition coefficient (Wildman–Crippen LogP) is 2.66. The fourth-order valence-corrected chi connectivity index (χ4v) is 4.69. The number of hydrogen-bond donors (Lipinski definition) is 1. The summed E-state index contributed by atoms with van der Waals surface area (Å²) >= 11 is 0. The molecule has 1 atom stereocenters. The Hall–Kier alpha value is -1.36. The van der Waals surface area contributed by atoms with Crippen LogP contribution in [0, 0.1) is 5.41 Å². The van der Waals surface area contributed by atoms with Gasteiger partial charge >= 0.3 is 12.1 Å². The molecular weight excluding hydrogens is 409 g/mol. The summed E-state index contributed by atoms with van der Waals surface area (Å²) in [5.74, 6) is -1.02. The third-order valence-corrected chi connectivity index (χ3v) is 6.49. The van der Waals surface area contributed by atoms with E-state index in [4.69, 9.17) is 5.73 Å². The number of ether oxygens (including phenoxy) is 1. The number of halogens is 4. The number of nitrogens with zero attached hydrogens (tertiary/aromatic N) is 1. The maximum Gasteiger partial charge on any atom is 0.416 e. The Balaban J connectivity index is 0.00000364. The van der Waals surface area contributed by atoms with E-state index >= 15 is 0 Å². The van der Waals surface area contributed by atoms with Crippen LogP contribution in [-0.4, -0.2) is 44.9 Å². The van der Waals surface area contributed by atoms with Crippen molar-refractivity contribution in [3.63, 3.8) is 0 Å². The summed E-state index contributed by atoms with van der Waals surface area (Å²) in [6, 6.07) is 1.71. The van der Waals surface area contributed by atoms with Crippen LogP contribution in [0.3, 0.4) is 0 Å². The number of sulfonamides is 1. The van der Waals surface area contributed by atoms with Crippen LogP contribution in [0.2, 0.25) is 0 Å². The Bertz CT molecular complexity index is 812. The maximum atomic E-state index is 13.0. The molecule has 1 aromatic carbocycles. The molecule has 0 amide bonds. The molecule has 2 rings (SSSR count). The van der Waals surface area contributed by atoms with E-state index in [1.165, 1.54) is 0 Å². The lowest BCUT2D eigenvalue weighted by Crippen LogP contribution is -2.54. The van der Waals surface area contributed by atoms with Crippen LogP contribution in [0.5, 0.6) is 0 Å². The first-order valence-electron chi connectivity index (χ1n) is 7.86. The van der Waals surface area contributed by atoms with Crippen LogP contribution in [0.4, 0.5) is 13.2 Å². The number of carbonyl (C=O) groups is 1. The smallest absolute Gasteiger partial charge is 0.416 e. The van der Waals surface area contributed by atoms with Gasteiger partial charge in [-0.15, -0.1) is 12.4 Å². The van der Waals surface area contributed by atoms with E-state index in [0.717, 1.165) is 17.5 Å². The summed E-state index contributed by atoms with van der Waals surface area (Å²) in [6.45, 7) is 3.66. The highest BCUT2D eigenvalue weighted by Gasteiger charge is 2.41. The molecule has 27 heavy (non-hydrogen) atoms. The molecule has 0 radical (unpaired) electrons. The Kier molecular flexibility index (Phi) is 6.96. The quantitative estimate of drug-likeness (QED) is 0.744. The van der Waals surface area contributed by atoms with Crippen molar-refractivity contribution in [3.05, 3.63) is 29.3 Å². The number of benzene rings is 1. The molecule has 6 nitrogen and oxygen atoms in total. The molecule has 1 heterocycles. The summed E-state index contributed by atoms with van der Waals surface area (Å²) in [7, 11) is -3.32. The third-order valence-electron chi connectivity index (χ3n) is 4.61. The van der Waals surface area contributed by atoms with Gasteiger partial charge in [-0.1, -0.05) is 13.8 Å². The van der Waals surface area contributed by atoms with E-state index in [1.54, 1.807) is 13.8 Å². The summed E-state index contributed by atoms with van der Waals surface area (Å²) in [4.78, 5) is 11.2. The first-order chi connectivity index (χ1) is 11.8. The minimum atomic E-state index is -4.75. The number of rotatable bonds is 3. The average Bonchev–Trinajstić information content (AvgIpc) is 2.55. The largest absolute Gasteiger partial charge is 0.465 e. The summed E-state index contributed by atoms with van der Waals surface area (Å²) in [6.07, 6.45) is -4.39. The zero-order valence-electron chi connectivity index (χ0n) is 15.0. The second-order valence-electron chi connectivity index (χ2n) is 6.92. The number of methoxy groups -OCH3 is 1. The zero-order valence-corrected chi connectivity index (χ0v) is 16.7. The monoisotopic (exact) mass is 430 g/mol. The van der Waals surface area contributed by atoms with E-state index in [2.05, 4.69) is 4.74 Å². The number of nitrogens with two attached hydrogens (primary N) is 1. The maximum absolute atomic E-state index is 13.0. The van der Waals surface area contributed by atoms with Gasteiger partial charge in [0.25, 0.3) is 0 Å². The van der Waals surface area contributed by atoms with Gasteiger partial charge in [0.2, 0.25) is 10.0 Å². The molecule has 1 fully saturated rings. The number of alkyl halides is 3. The first kappa shape index (κ1) is 23.7. The molecule has 154 valence electrons. The van der Waals surface area contributed by atoms with Crippen molar-refractivity contribution in [1.82, 2.24) is 4.31 Å². The van der Waals surface area contributed by atoms with Gasteiger partial charge < -0.3 is 10.5 Å². The third kappa shape index (κ3) is 4.74. The number of hydrogen-bond acceptors (Lipinski definition) is 5. The van der Waals surface area contributed by atoms with E-state index < -0.39 is 43.6 Å². The highest BCUT2D eigenvalue weighted by Crippen LogP contribution is 2.35. The van der Waals surface area contributed by atoms with Crippen LogP contribution in [0.1, 0.15) is 36.2 Å². The molecule has 0 saturated carbocycles. The highest BCUT2D eigenvalue weighted by atomic mass is 35.5. The molecule has 2 N–H and O–H groups in total. The molecule has 0 aromatic heterocycles. The van der Waals surface area contributed by atoms with Gasteiger partial charge in [-0.05, 0) is 30.0 Å². The lowest BCUT2D eigenvalue weighted by atomic mass is 9.81. The average molecular weight is 431 g/mol. The molecule has 1 unspecified atom stereocenters. The standard InChI is InChI=1S/C16H21F3N2O4S.ClH/c1-15(2)9-21(7-6-13(15)20)26(23,24)12-8-10(16(17,18)19)4-5-11(12)14(22)25-3;/h4-5,8,13H,6-7,9,20H2,1-3H3;1H. The second kappa shape index (κ2) is 7.94. The van der Waals surface area contributed by atoms with Gasteiger partial charge in [-0.25, -0.2) is 13.2 Å². The fourth-order valence-electron chi connectivity index (χ4n) is 2.86. The Morgan fingerprint density at radius 3 is 2.41 bits per heavy atom. The molecule has 1 aliphatic heterocycles. The minimum absolute atomic E-state index is 0. The highest BCUT2D eigenvalue weighted by molar-refractivity contribution is 7.89. The van der Waals surface area contributed by atoms with E-state index in [9.17, 15) is 26.4 Å². The van der Waals surface area contributed by atoms with Crippen LogP contribution in [0.15, 0.2) is 23.1 Å². The fraction of sp³-hybridized carbons (Fsp3) is 0.562. The van der Waals surface area contributed by atoms with Crippen molar-refractivity contribution in [1.29, 1.82) is 0 Å². The molecule has 1 aromatic rings. The van der Waals surface area contributed by atoms with Crippen LogP contribution >= 0.6 is 12.4 Å².